The number of hydrogen-bond acceptors (Lipinski definition) is 4. The molecule has 0 unspecified atom stereocenters. The molecule has 1 aromatic carbocycles. The van der Waals surface area contributed by atoms with E-state index in [9.17, 15) is 4.79 Å². The number of anilines is 2. The largest absolute Gasteiger partial charge is 0.397 e. The van der Waals surface area contributed by atoms with Crippen molar-refractivity contribution in [2.24, 2.45) is 0 Å². The first kappa shape index (κ1) is 14.7. The molecule has 0 spiro atoms. The van der Waals surface area contributed by atoms with Gasteiger partial charge in [-0.2, -0.15) is 0 Å². The molecule has 1 aromatic rings. The lowest BCUT2D eigenvalue weighted by Crippen LogP contribution is -2.47. The quantitative estimate of drug-likeness (QED) is 0.803. The van der Waals surface area contributed by atoms with E-state index < -0.39 is 0 Å². The summed E-state index contributed by atoms with van der Waals surface area (Å²) in [6.45, 7) is 2.72. The Morgan fingerprint density at radius 2 is 2.15 bits per heavy atom. The van der Waals surface area contributed by atoms with Gasteiger partial charge in [-0.05, 0) is 38.0 Å². The lowest BCUT2D eigenvalue weighted by molar-refractivity contribution is -0.00862. The van der Waals surface area contributed by atoms with Gasteiger partial charge in [-0.15, -0.1) is 0 Å². The second-order valence-corrected chi connectivity index (χ2v) is 5.39. The molecule has 20 heavy (non-hydrogen) atoms. The number of carbonyl (C=O) groups excluding carboxylic acids is 1. The Hall–Kier alpha value is -1.75. The second-order valence-electron chi connectivity index (χ2n) is 5.39. The molecule has 3 N–H and O–H groups in total. The van der Waals surface area contributed by atoms with Crippen LogP contribution in [-0.2, 0) is 4.74 Å². The van der Waals surface area contributed by atoms with Gasteiger partial charge in [-0.25, -0.2) is 0 Å². The molecular weight excluding hydrogens is 254 g/mol. The molecule has 5 nitrogen and oxygen atoms in total. The molecule has 2 rings (SSSR count). The first-order chi connectivity index (χ1) is 9.51. The summed E-state index contributed by atoms with van der Waals surface area (Å²) in [6.07, 6.45) is 2.09. The number of nitrogens with zero attached hydrogens (tertiary/aromatic N) is 1. The topological polar surface area (TPSA) is 67.6 Å². The molecule has 0 aromatic heterocycles. The van der Waals surface area contributed by atoms with Gasteiger partial charge in [0.05, 0.1) is 17.5 Å². The Kier molecular flexibility index (Phi) is 4.49. The van der Waals surface area contributed by atoms with Crippen LogP contribution in [-0.4, -0.2) is 38.8 Å². The number of carbonyl (C=O) groups is 1. The minimum atomic E-state index is -0.0676. The maximum atomic E-state index is 12.1. The number of nitrogen functional groups attached to an aromatic ring is 1. The van der Waals surface area contributed by atoms with Crippen molar-refractivity contribution in [3.63, 3.8) is 0 Å². The molecule has 1 fully saturated rings. The van der Waals surface area contributed by atoms with Crippen molar-refractivity contribution >= 4 is 17.3 Å². The van der Waals surface area contributed by atoms with Gasteiger partial charge in [0.25, 0.3) is 5.91 Å². The molecule has 1 amide bonds. The van der Waals surface area contributed by atoms with Crippen LogP contribution in [0.1, 0.15) is 30.1 Å². The van der Waals surface area contributed by atoms with Crippen LogP contribution in [0.2, 0.25) is 0 Å². The fraction of sp³-hybridized carbons (Fsp3) is 0.533. The number of rotatable bonds is 5. The predicted molar refractivity (Wildman–Crippen MR) is 81.1 cm³/mol. The highest BCUT2D eigenvalue weighted by molar-refractivity contribution is 5.96. The zero-order valence-corrected chi connectivity index (χ0v) is 12.3. The Balaban J connectivity index is 1.92. The van der Waals surface area contributed by atoms with Crippen LogP contribution in [0, 0.1) is 0 Å². The van der Waals surface area contributed by atoms with E-state index in [2.05, 4.69) is 5.32 Å². The molecule has 0 saturated heterocycles. The fourth-order valence-corrected chi connectivity index (χ4v) is 2.43. The third-order valence-electron chi connectivity index (χ3n) is 3.60. The van der Waals surface area contributed by atoms with E-state index in [-0.39, 0.29) is 11.9 Å². The highest BCUT2D eigenvalue weighted by Gasteiger charge is 2.30. The molecule has 1 aliphatic rings. The van der Waals surface area contributed by atoms with Gasteiger partial charge in [0.15, 0.2) is 0 Å². The Labute approximate surface area is 120 Å². The molecule has 0 aliphatic heterocycles. The van der Waals surface area contributed by atoms with Crippen LogP contribution < -0.4 is 16.0 Å². The van der Waals surface area contributed by atoms with Crippen LogP contribution in [0.25, 0.3) is 0 Å². The standard InChI is InChI=1S/C15H23N3O2/c1-4-20-12-8-11(9-12)17-15(19)10-5-6-14(18(2)3)13(16)7-10/h5-7,11-12H,4,8-9,16H2,1-3H3,(H,17,19). The maximum Gasteiger partial charge on any atom is 0.251 e. The predicted octanol–water partition coefficient (Wildman–Crippen LogP) is 1.63. The zero-order chi connectivity index (χ0) is 14.7. The summed E-state index contributed by atoms with van der Waals surface area (Å²) in [5, 5.41) is 3.01. The normalized spacial score (nSPS) is 21.1. The highest BCUT2D eigenvalue weighted by Crippen LogP contribution is 2.25. The summed E-state index contributed by atoms with van der Waals surface area (Å²) in [6, 6.07) is 5.62. The van der Waals surface area contributed by atoms with Gasteiger partial charge in [0.1, 0.15) is 0 Å². The smallest absolute Gasteiger partial charge is 0.251 e. The lowest BCUT2D eigenvalue weighted by Gasteiger charge is -2.35. The van der Waals surface area contributed by atoms with Gasteiger partial charge in [-0.3, -0.25) is 4.79 Å². The summed E-state index contributed by atoms with van der Waals surface area (Å²) < 4.78 is 5.48. The van der Waals surface area contributed by atoms with Crippen molar-refractivity contribution in [1.82, 2.24) is 5.32 Å². The first-order valence-electron chi connectivity index (χ1n) is 7.00. The SMILES string of the molecule is CCOC1CC(NC(=O)c2ccc(N(C)C)c(N)c2)C1. The molecule has 0 atom stereocenters. The van der Waals surface area contributed by atoms with Crippen molar-refractivity contribution in [3.8, 4) is 0 Å². The molecule has 110 valence electrons. The van der Waals surface area contributed by atoms with Crippen molar-refractivity contribution in [3.05, 3.63) is 23.8 Å². The van der Waals surface area contributed by atoms with Crippen molar-refractivity contribution in [2.75, 3.05) is 31.3 Å². The highest BCUT2D eigenvalue weighted by atomic mass is 16.5. The molecule has 5 heteroatoms. The third kappa shape index (κ3) is 3.22. The van der Waals surface area contributed by atoms with E-state index in [0.29, 0.717) is 17.4 Å². The minimum absolute atomic E-state index is 0.0676. The Bertz CT molecular complexity index is 482. The van der Waals surface area contributed by atoms with Gasteiger partial charge in [0, 0.05) is 32.3 Å². The molecule has 1 saturated carbocycles. The average Bonchev–Trinajstić information content (AvgIpc) is 2.35. The summed E-state index contributed by atoms with van der Waals surface area (Å²) in [5.41, 5.74) is 8.09. The fourth-order valence-electron chi connectivity index (χ4n) is 2.43. The van der Waals surface area contributed by atoms with Crippen LogP contribution >= 0.6 is 0 Å². The number of amides is 1. The molecular formula is C15H23N3O2. The minimum Gasteiger partial charge on any atom is -0.397 e. The lowest BCUT2D eigenvalue weighted by atomic mass is 9.89. The van der Waals surface area contributed by atoms with Crippen molar-refractivity contribution in [2.45, 2.75) is 31.9 Å². The van der Waals surface area contributed by atoms with E-state index >= 15 is 0 Å². The number of nitrogens with one attached hydrogen (secondary N) is 1. The summed E-state index contributed by atoms with van der Waals surface area (Å²) >= 11 is 0. The first-order valence-corrected chi connectivity index (χ1v) is 7.00. The summed E-state index contributed by atoms with van der Waals surface area (Å²) in [7, 11) is 3.85. The van der Waals surface area contributed by atoms with E-state index in [1.54, 1.807) is 12.1 Å². The number of nitrogens with two attached hydrogens (primary N) is 1. The van der Waals surface area contributed by atoms with Gasteiger partial charge in [-0.1, -0.05) is 0 Å². The Morgan fingerprint density at radius 1 is 1.45 bits per heavy atom. The van der Waals surface area contributed by atoms with Gasteiger partial charge >= 0.3 is 0 Å². The third-order valence-corrected chi connectivity index (χ3v) is 3.60. The molecule has 0 heterocycles. The number of hydrogen-bond donors (Lipinski definition) is 2. The zero-order valence-electron chi connectivity index (χ0n) is 12.3. The molecule has 0 bridgehead atoms. The van der Waals surface area contributed by atoms with E-state index in [0.717, 1.165) is 25.1 Å². The van der Waals surface area contributed by atoms with Crippen LogP contribution in [0.4, 0.5) is 11.4 Å². The van der Waals surface area contributed by atoms with Crippen LogP contribution in [0.5, 0.6) is 0 Å². The monoisotopic (exact) mass is 277 g/mol. The molecule has 0 radical (unpaired) electrons. The van der Waals surface area contributed by atoms with Gasteiger partial charge in [0.2, 0.25) is 0 Å². The second kappa shape index (κ2) is 6.13. The maximum absolute atomic E-state index is 12.1. The molecule has 1 aliphatic carbocycles. The van der Waals surface area contributed by atoms with E-state index in [4.69, 9.17) is 10.5 Å². The number of benzene rings is 1. The Morgan fingerprint density at radius 3 is 2.70 bits per heavy atom. The van der Waals surface area contributed by atoms with Gasteiger partial charge < -0.3 is 20.7 Å². The van der Waals surface area contributed by atoms with Crippen molar-refractivity contribution < 1.29 is 9.53 Å². The van der Waals surface area contributed by atoms with E-state index in [1.165, 1.54) is 0 Å². The summed E-state index contributed by atoms with van der Waals surface area (Å²) in [4.78, 5) is 14.1. The number of ether oxygens (including phenoxy) is 1. The van der Waals surface area contributed by atoms with E-state index in [1.807, 2.05) is 32.0 Å². The van der Waals surface area contributed by atoms with Crippen LogP contribution in [0.15, 0.2) is 18.2 Å². The summed E-state index contributed by atoms with van der Waals surface area (Å²) in [5.74, 6) is -0.0676. The van der Waals surface area contributed by atoms with Crippen LogP contribution in [0.3, 0.4) is 0 Å². The van der Waals surface area contributed by atoms with Crippen molar-refractivity contribution in [1.29, 1.82) is 0 Å². The average molecular weight is 277 g/mol.